The molecule has 17 heavy (non-hydrogen) atoms. The number of hydrogen-bond acceptors (Lipinski definition) is 4. The van der Waals surface area contributed by atoms with Crippen molar-refractivity contribution in [3.05, 3.63) is 29.3 Å². The lowest BCUT2D eigenvalue weighted by Crippen LogP contribution is -2.13. The van der Waals surface area contributed by atoms with Crippen molar-refractivity contribution in [3.8, 4) is 11.8 Å². The Labute approximate surface area is 100 Å². The minimum atomic E-state index is -0.480. The highest BCUT2D eigenvalue weighted by molar-refractivity contribution is 6.02. The Morgan fingerprint density at radius 3 is 3.00 bits per heavy atom. The highest BCUT2D eigenvalue weighted by atomic mass is 16.5. The molecule has 1 atom stereocenters. The van der Waals surface area contributed by atoms with Gasteiger partial charge in [0.25, 0.3) is 0 Å². The summed E-state index contributed by atoms with van der Waals surface area (Å²) in [5, 5.41) is 21.0. The van der Waals surface area contributed by atoms with Gasteiger partial charge >= 0.3 is 0 Å². The molecule has 0 saturated carbocycles. The summed E-state index contributed by atoms with van der Waals surface area (Å²) in [6, 6.07) is 7.69. The van der Waals surface area contributed by atoms with Crippen molar-refractivity contribution >= 4 is 5.71 Å². The van der Waals surface area contributed by atoms with Gasteiger partial charge in [-0.25, -0.2) is 0 Å². The molecule has 0 amide bonds. The van der Waals surface area contributed by atoms with Crippen LogP contribution in [0, 0.1) is 11.3 Å². The number of oxime groups is 1. The molecule has 0 spiro atoms. The third kappa shape index (κ3) is 2.39. The monoisotopic (exact) mass is 230 g/mol. The molecule has 0 aromatic heterocycles. The number of nitrogens with zero attached hydrogens (tertiary/aromatic N) is 2. The Balaban J connectivity index is 2.32. The predicted octanol–water partition coefficient (Wildman–Crippen LogP) is 2.49. The second kappa shape index (κ2) is 4.88. The molecule has 1 N–H and O–H groups in total. The first kappa shape index (κ1) is 11.5. The van der Waals surface area contributed by atoms with E-state index in [1.54, 1.807) is 6.92 Å². The van der Waals surface area contributed by atoms with Gasteiger partial charge in [-0.05, 0) is 43.9 Å². The summed E-state index contributed by atoms with van der Waals surface area (Å²) in [6.07, 6.45) is 2.29. The molecule has 2 rings (SSSR count). The van der Waals surface area contributed by atoms with E-state index in [0.29, 0.717) is 11.5 Å². The third-order valence-electron chi connectivity index (χ3n) is 2.87. The average molecular weight is 230 g/mol. The van der Waals surface area contributed by atoms with E-state index >= 15 is 0 Å². The predicted molar refractivity (Wildman–Crippen MR) is 63.4 cm³/mol. The van der Waals surface area contributed by atoms with Gasteiger partial charge in [0.05, 0.1) is 5.71 Å². The van der Waals surface area contributed by atoms with Crippen molar-refractivity contribution in [1.29, 1.82) is 5.26 Å². The molecule has 1 aliphatic rings. The quantitative estimate of drug-likeness (QED) is 0.627. The van der Waals surface area contributed by atoms with Gasteiger partial charge in [0, 0.05) is 5.56 Å². The number of aryl methyl sites for hydroxylation is 1. The molecule has 4 nitrogen and oxygen atoms in total. The number of ether oxygens (including phenoxy) is 1. The molecule has 0 saturated heterocycles. The van der Waals surface area contributed by atoms with E-state index in [2.05, 4.69) is 5.16 Å². The Morgan fingerprint density at radius 1 is 1.47 bits per heavy atom. The van der Waals surface area contributed by atoms with E-state index in [0.717, 1.165) is 24.8 Å². The highest BCUT2D eigenvalue weighted by Gasteiger charge is 2.17. The van der Waals surface area contributed by atoms with Crippen molar-refractivity contribution in [2.45, 2.75) is 32.3 Å². The summed E-state index contributed by atoms with van der Waals surface area (Å²) in [7, 11) is 0. The van der Waals surface area contributed by atoms with Gasteiger partial charge in [-0.2, -0.15) is 5.26 Å². The summed E-state index contributed by atoms with van der Waals surface area (Å²) in [5.41, 5.74) is 2.80. The SMILES string of the molecule is CC(C#N)Oc1ccc2c(c1)/C(=N\O)CCC2. The second-order valence-electron chi connectivity index (χ2n) is 4.11. The standard InChI is InChI=1S/C13H14N2O2/c1-9(8-14)17-11-6-5-10-3-2-4-13(15-16)12(10)7-11/h5-7,9,16H,2-4H2,1H3/b15-13-. The first-order valence-electron chi connectivity index (χ1n) is 5.65. The lowest BCUT2D eigenvalue weighted by Gasteiger charge is -2.18. The number of benzene rings is 1. The maximum atomic E-state index is 8.95. The van der Waals surface area contributed by atoms with Crippen LogP contribution in [-0.4, -0.2) is 17.0 Å². The van der Waals surface area contributed by atoms with Gasteiger partial charge < -0.3 is 9.94 Å². The average Bonchev–Trinajstić information content (AvgIpc) is 2.37. The Bertz CT molecular complexity index is 489. The molecular formula is C13H14N2O2. The van der Waals surface area contributed by atoms with Crippen LogP contribution >= 0.6 is 0 Å². The van der Waals surface area contributed by atoms with Crippen LogP contribution in [0.3, 0.4) is 0 Å². The van der Waals surface area contributed by atoms with Gasteiger partial charge in [0.2, 0.25) is 0 Å². The topological polar surface area (TPSA) is 65.6 Å². The summed E-state index contributed by atoms with van der Waals surface area (Å²) in [4.78, 5) is 0. The molecule has 0 radical (unpaired) electrons. The Morgan fingerprint density at radius 2 is 2.29 bits per heavy atom. The molecule has 1 aromatic carbocycles. The molecular weight excluding hydrogens is 216 g/mol. The molecule has 0 fully saturated rings. The normalized spacial score (nSPS) is 18.2. The highest BCUT2D eigenvalue weighted by Crippen LogP contribution is 2.26. The van der Waals surface area contributed by atoms with Crippen LogP contribution in [0.25, 0.3) is 0 Å². The van der Waals surface area contributed by atoms with Gasteiger partial charge in [-0.3, -0.25) is 0 Å². The molecule has 0 aliphatic heterocycles. The van der Waals surface area contributed by atoms with Crippen LogP contribution in [0.2, 0.25) is 0 Å². The molecule has 1 unspecified atom stereocenters. The number of rotatable bonds is 2. The lowest BCUT2D eigenvalue weighted by molar-refractivity contribution is 0.276. The number of nitriles is 1. The maximum absolute atomic E-state index is 8.95. The largest absolute Gasteiger partial charge is 0.476 e. The van der Waals surface area contributed by atoms with E-state index in [4.69, 9.17) is 15.2 Å². The number of fused-ring (bicyclic) bond motifs is 1. The van der Waals surface area contributed by atoms with Gasteiger partial charge in [0.15, 0.2) is 6.10 Å². The van der Waals surface area contributed by atoms with E-state index in [9.17, 15) is 0 Å². The molecule has 1 aromatic rings. The van der Waals surface area contributed by atoms with Crippen molar-refractivity contribution in [3.63, 3.8) is 0 Å². The third-order valence-corrected chi connectivity index (χ3v) is 2.87. The maximum Gasteiger partial charge on any atom is 0.181 e. The number of hydrogen-bond donors (Lipinski definition) is 1. The minimum Gasteiger partial charge on any atom is -0.476 e. The van der Waals surface area contributed by atoms with Gasteiger partial charge in [-0.15, -0.1) is 0 Å². The van der Waals surface area contributed by atoms with Crippen molar-refractivity contribution < 1.29 is 9.94 Å². The summed E-state index contributed by atoms with van der Waals surface area (Å²) in [6.45, 7) is 1.69. The Hall–Kier alpha value is -2.02. The second-order valence-corrected chi connectivity index (χ2v) is 4.11. The zero-order chi connectivity index (χ0) is 12.3. The molecule has 0 bridgehead atoms. The zero-order valence-corrected chi connectivity index (χ0v) is 9.68. The Kier molecular flexibility index (Phi) is 3.29. The molecule has 1 aliphatic carbocycles. The van der Waals surface area contributed by atoms with Crippen LogP contribution in [0.5, 0.6) is 5.75 Å². The molecule has 88 valence electrons. The fraction of sp³-hybridized carbons (Fsp3) is 0.385. The molecule has 4 heteroatoms. The fourth-order valence-electron chi connectivity index (χ4n) is 2.03. The van der Waals surface area contributed by atoms with E-state index in [1.165, 1.54) is 5.56 Å². The fourth-order valence-corrected chi connectivity index (χ4v) is 2.03. The lowest BCUT2D eigenvalue weighted by atomic mass is 9.90. The first-order chi connectivity index (χ1) is 8.24. The summed E-state index contributed by atoms with van der Waals surface area (Å²) < 4.78 is 5.42. The van der Waals surface area contributed by atoms with E-state index in [1.807, 2.05) is 24.3 Å². The zero-order valence-electron chi connectivity index (χ0n) is 9.68. The van der Waals surface area contributed by atoms with Crippen LogP contribution < -0.4 is 4.74 Å². The van der Waals surface area contributed by atoms with Crippen molar-refractivity contribution in [2.75, 3.05) is 0 Å². The first-order valence-corrected chi connectivity index (χ1v) is 5.65. The van der Waals surface area contributed by atoms with Crippen LogP contribution in [0.1, 0.15) is 30.9 Å². The summed E-state index contributed by atoms with van der Waals surface area (Å²) in [5.74, 6) is 0.640. The smallest absolute Gasteiger partial charge is 0.181 e. The minimum absolute atomic E-state index is 0.480. The van der Waals surface area contributed by atoms with Gasteiger partial charge in [-0.1, -0.05) is 11.2 Å². The van der Waals surface area contributed by atoms with Crippen LogP contribution in [0.4, 0.5) is 0 Å². The van der Waals surface area contributed by atoms with E-state index < -0.39 is 6.10 Å². The van der Waals surface area contributed by atoms with Crippen LogP contribution in [-0.2, 0) is 6.42 Å². The van der Waals surface area contributed by atoms with E-state index in [-0.39, 0.29) is 0 Å². The van der Waals surface area contributed by atoms with Gasteiger partial charge in [0.1, 0.15) is 11.8 Å². The van der Waals surface area contributed by atoms with Crippen LogP contribution in [0.15, 0.2) is 23.4 Å². The van der Waals surface area contributed by atoms with Crippen molar-refractivity contribution in [2.24, 2.45) is 5.16 Å². The molecule has 0 heterocycles. The summed E-state index contributed by atoms with van der Waals surface area (Å²) >= 11 is 0. The van der Waals surface area contributed by atoms with Crippen molar-refractivity contribution in [1.82, 2.24) is 0 Å².